The van der Waals surface area contributed by atoms with E-state index in [1.54, 1.807) is 12.1 Å². The number of pyridine rings is 2. The maximum atomic E-state index is 12.8. The first kappa shape index (κ1) is 18.4. The minimum atomic E-state index is -4.47. The van der Waals surface area contributed by atoms with Crippen LogP contribution in [0.25, 0.3) is 0 Å². The van der Waals surface area contributed by atoms with Crippen LogP contribution in [0, 0.1) is 0 Å². The van der Waals surface area contributed by atoms with Crippen LogP contribution >= 0.6 is 0 Å². The standard InChI is InChI=1S/C19H14F3N3O2/c20-19(21,22)14-4-1-3-13(11-14)12-25-10-2-5-16(18(25)27)17(26)24-15-6-8-23-9-7-15/h1-11H,12H2,(H,23,24,26). The molecule has 3 rings (SSSR count). The Kier molecular flexibility index (Phi) is 5.07. The minimum absolute atomic E-state index is 0.0842. The molecule has 5 nitrogen and oxygen atoms in total. The van der Waals surface area contributed by atoms with Crippen molar-refractivity contribution in [2.75, 3.05) is 5.32 Å². The number of halogens is 3. The summed E-state index contributed by atoms with van der Waals surface area (Å²) in [6.07, 6.45) is -0.0574. The van der Waals surface area contributed by atoms with Crippen LogP contribution in [0.2, 0.25) is 0 Å². The predicted molar refractivity (Wildman–Crippen MR) is 93.4 cm³/mol. The SMILES string of the molecule is O=C(Nc1ccncc1)c1cccn(Cc2cccc(C(F)(F)F)c2)c1=O. The number of alkyl halides is 3. The van der Waals surface area contributed by atoms with Gasteiger partial charge in [-0.1, -0.05) is 12.1 Å². The molecule has 1 amide bonds. The molecule has 0 fully saturated rings. The van der Waals surface area contributed by atoms with Gasteiger partial charge < -0.3 is 9.88 Å². The first-order valence-electron chi connectivity index (χ1n) is 7.91. The third kappa shape index (κ3) is 4.41. The van der Waals surface area contributed by atoms with Crippen molar-refractivity contribution in [3.05, 3.63) is 94.2 Å². The Hall–Kier alpha value is -3.42. The molecule has 0 aliphatic rings. The number of aromatic nitrogens is 2. The molecule has 3 aromatic rings. The van der Waals surface area contributed by atoms with Gasteiger partial charge in [-0.2, -0.15) is 13.2 Å². The second kappa shape index (κ2) is 7.45. The van der Waals surface area contributed by atoms with Crippen LogP contribution in [0.4, 0.5) is 18.9 Å². The molecule has 27 heavy (non-hydrogen) atoms. The van der Waals surface area contributed by atoms with E-state index in [-0.39, 0.29) is 12.1 Å². The smallest absolute Gasteiger partial charge is 0.322 e. The Labute approximate surface area is 152 Å². The summed E-state index contributed by atoms with van der Waals surface area (Å²) < 4.78 is 39.7. The fraction of sp³-hybridized carbons (Fsp3) is 0.105. The van der Waals surface area contributed by atoms with Gasteiger partial charge in [-0.3, -0.25) is 14.6 Å². The summed E-state index contributed by atoms with van der Waals surface area (Å²) in [4.78, 5) is 28.7. The Bertz CT molecular complexity index is 1010. The lowest BCUT2D eigenvalue weighted by Gasteiger charge is -2.11. The molecular weight excluding hydrogens is 359 g/mol. The normalized spacial score (nSPS) is 11.2. The number of nitrogens with one attached hydrogen (secondary N) is 1. The molecule has 0 unspecified atom stereocenters. The van der Waals surface area contributed by atoms with Gasteiger partial charge in [0.05, 0.1) is 12.1 Å². The van der Waals surface area contributed by atoms with E-state index < -0.39 is 23.2 Å². The highest BCUT2D eigenvalue weighted by atomic mass is 19.4. The largest absolute Gasteiger partial charge is 0.416 e. The van der Waals surface area contributed by atoms with Gasteiger partial charge in [0.15, 0.2) is 0 Å². The molecule has 0 saturated heterocycles. The van der Waals surface area contributed by atoms with Crippen LogP contribution in [0.5, 0.6) is 0 Å². The second-order valence-corrected chi connectivity index (χ2v) is 5.74. The van der Waals surface area contributed by atoms with Crippen molar-refractivity contribution in [3.63, 3.8) is 0 Å². The van der Waals surface area contributed by atoms with E-state index in [4.69, 9.17) is 0 Å². The Morgan fingerprint density at radius 1 is 1.07 bits per heavy atom. The van der Waals surface area contributed by atoms with Crippen LogP contribution in [0.15, 0.2) is 71.9 Å². The van der Waals surface area contributed by atoms with Gasteiger partial charge in [0.1, 0.15) is 5.56 Å². The first-order valence-corrected chi connectivity index (χ1v) is 7.91. The van der Waals surface area contributed by atoms with E-state index in [1.165, 1.54) is 47.4 Å². The van der Waals surface area contributed by atoms with Crippen LogP contribution < -0.4 is 10.9 Å². The number of hydrogen-bond donors (Lipinski definition) is 1. The second-order valence-electron chi connectivity index (χ2n) is 5.74. The van der Waals surface area contributed by atoms with E-state index >= 15 is 0 Å². The van der Waals surface area contributed by atoms with E-state index in [2.05, 4.69) is 10.3 Å². The highest BCUT2D eigenvalue weighted by Crippen LogP contribution is 2.29. The lowest BCUT2D eigenvalue weighted by molar-refractivity contribution is -0.137. The molecule has 0 saturated carbocycles. The number of carbonyl (C=O) groups excluding carboxylic acids is 1. The molecule has 0 atom stereocenters. The van der Waals surface area contributed by atoms with Crippen molar-refractivity contribution >= 4 is 11.6 Å². The molecule has 138 valence electrons. The molecule has 0 spiro atoms. The molecule has 0 radical (unpaired) electrons. The van der Waals surface area contributed by atoms with Gasteiger partial charge in [-0.15, -0.1) is 0 Å². The van der Waals surface area contributed by atoms with E-state index in [0.717, 1.165) is 12.1 Å². The molecule has 1 N–H and O–H groups in total. The monoisotopic (exact) mass is 373 g/mol. The van der Waals surface area contributed by atoms with Crippen molar-refractivity contribution in [2.45, 2.75) is 12.7 Å². The molecule has 0 aliphatic heterocycles. The molecule has 8 heteroatoms. The predicted octanol–water partition coefficient (Wildman–Crippen LogP) is 3.56. The lowest BCUT2D eigenvalue weighted by Crippen LogP contribution is -2.29. The summed E-state index contributed by atoms with van der Waals surface area (Å²) in [6, 6.07) is 10.7. The molecular formula is C19H14F3N3O2. The van der Waals surface area contributed by atoms with Crippen molar-refractivity contribution in [2.24, 2.45) is 0 Å². The number of amides is 1. The summed E-state index contributed by atoms with van der Waals surface area (Å²) in [5, 5.41) is 2.58. The summed E-state index contributed by atoms with van der Waals surface area (Å²) in [5.41, 5.74) is -0.719. The average Bonchev–Trinajstić information content (AvgIpc) is 2.64. The zero-order valence-corrected chi connectivity index (χ0v) is 13.9. The van der Waals surface area contributed by atoms with Gasteiger partial charge in [0.25, 0.3) is 11.5 Å². The van der Waals surface area contributed by atoms with Crippen molar-refractivity contribution < 1.29 is 18.0 Å². The van der Waals surface area contributed by atoms with Crippen LogP contribution in [0.1, 0.15) is 21.5 Å². The molecule has 2 aromatic heterocycles. The van der Waals surface area contributed by atoms with Crippen LogP contribution in [0.3, 0.4) is 0 Å². The van der Waals surface area contributed by atoms with E-state index in [1.807, 2.05) is 0 Å². The van der Waals surface area contributed by atoms with Gasteiger partial charge in [-0.05, 0) is 42.0 Å². The number of rotatable bonds is 4. The van der Waals surface area contributed by atoms with Gasteiger partial charge in [0, 0.05) is 24.3 Å². The third-order valence-corrected chi connectivity index (χ3v) is 3.81. The Morgan fingerprint density at radius 3 is 2.52 bits per heavy atom. The molecule has 0 aliphatic carbocycles. The van der Waals surface area contributed by atoms with E-state index in [0.29, 0.717) is 11.3 Å². The van der Waals surface area contributed by atoms with Gasteiger partial charge in [0.2, 0.25) is 0 Å². The van der Waals surface area contributed by atoms with Crippen molar-refractivity contribution in [3.8, 4) is 0 Å². The maximum absolute atomic E-state index is 12.8. The number of benzene rings is 1. The average molecular weight is 373 g/mol. The summed E-state index contributed by atoms with van der Waals surface area (Å²) in [6.45, 7) is -0.0842. The molecule has 1 aromatic carbocycles. The highest BCUT2D eigenvalue weighted by Gasteiger charge is 2.30. The number of anilines is 1. The zero-order chi connectivity index (χ0) is 19.4. The van der Waals surface area contributed by atoms with Crippen LogP contribution in [-0.2, 0) is 12.7 Å². The third-order valence-electron chi connectivity index (χ3n) is 3.81. The lowest BCUT2D eigenvalue weighted by atomic mass is 10.1. The fourth-order valence-corrected chi connectivity index (χ4v) is 2.51. The van der Waals surface area contributed by atoms with Gasteiger partial charge in [-0.25, -0.2) is 0 Å². The minimum Gasteiger partial charge on any atom is -0.322 e. The summed E-state index contributed by atoms with van der Waals surface area (Å²) in [5.74, 6) is -0.607. The fourth-order valence-electron chi connectivity index (χ4n) is 2.51. The summed E-state index contributed by atoms with van der Waals surface area (Å²) >= 11 is 0. The topological polar surface area (TPSA) is 64.0 Å². The van der Waals surface area contributed by atoms with E-state index in [9.17, 15) is 22.8 Å². The van der Waals surface area contributed by atoms with Crippen LogP contribution in [-0.4, -0.2) is 15.5 Å². The maximum Gasteiger partial charge on any atom is 0.416 e. The Balaban J connectivity index is 1.85. The first-order chi connectivity index (χ1) is 12.8. The highest BCUT2D eigenvalue weighted by molar-refractivity contribution is 6.03. The number of nitrogens with zero attached hydrogens (tertiary/aromatic N) is 2. The molecule has 2 heterocycles. The molecule has 0 bridgehead atoms. The summed E-state index contributed by atoms with van der Waals surface area (Å²) in [7, 11) is 0. The number of hydrogen-bond acceptors (Lipinski definition) is 3. The van der Waals surface area contributed by atoms with Gasteiger partial charge >= 0.3 is 6.18 Å². The Morgan fingerprint density at radius 2 is 1.81 bits per heavy atom. The van der Waals surface area contributed by atoms with Crippen molar-refractivity contribution in [1.82, 2.24) is 9.55 Å². The van der Waals surface area contributed by atoms with Crippen molar-refractivity contribution in [1.29, 1.82) is 0 Å². The quantitative estimate of drug-likeness (QED) is 0.761. The zero-order valence-electron chi connectivity index (χ0n) is 13.9. The number of carbonyl (C=O) groups is 1.